The largest absolute Gasteiger partial charge is 0.345 e. The maximum atomic E-state index is 11.3. The van der Waals surface area contributed by atoms with Gasteiger partial charge < -0.3 is 5.32 Å². The molecule has 72 valence electrons. The maximum absolute atomic E-state index is 11.3. The van der Waals surface area contributed by atoms with Crippen molar-refractivity contribution >= 4 is 5.91 Å². The third kappa shape index (κ3) is 3.72. The van der Waals surface area contributed by atoms with Crippen LogP contribution in [-0.4, -0.2) is 17.4 Å². The molecule has 0 unspecified atom stereocenters. The van der Waals surface area contributed by atoms with Crippen LogP contribution in [0.2, 0.25) is 0 Å². The van der Waals surface area contributed by atoms with Crippen LogP contribution < -0.4 is 5.32 Å². The molecule has 0 saturated heterocycles. The van der Waals surface area contributed by atoms with E-state index in [4.69, 9.17) is 0 Å². The van der Waals surface area contributed by atoms with Gasteiger partial charge >= 0.3 is 0 Å². The van der Waals surface area contributed by atoms with Gasteiger partial charge in [0.05, 0.1) is 13.0 Å². The minimum atomic E-state index is -0.0496. The van der Waals surface area contributed by atoms with Gasteiger partial charge in [-0.1, -0.05) is 12.0 Å². The highest BCUT2D eigenvalue weighted by atomic mass is 16.1. The first-order valence-corrected chi connectivity index (χ1v) is 4.39. The Morgan fingerprint density at radius 1 is 1.57 bits per heavy atom. The predicted octanol–water partition coefficient (Wildman–Crippen LogP) is 0.764. The van der Waals surface area contributed by atoms with E-state index in [9.17, 15) is 4.79 Å². The van der Waals surface area contributed by atoms with E-state index in [-0.39, 0.29) is 5.91 Å². The Kier molecular flexibility index (Phi) is 4.22. The summed E-state index contributed by atoms with van der Waals surface area (Å²) in [6.45, 7) is 2.15. The van der Waals surface area contributed by atoms with Crippen LogP contribution in [0.5, 0.6) is 0 Å². The second-order valence-electron chi connectivity index (χ2n) is 2.70. The van der Waals surface area contributed by atoms with Crippen LogP contribution in [0.25, 0.3) is 0 Å². The van der Waals surface area contributed by atoms with E-state index in [1.54, 1.807) is 13.1 Å². The number of rotatable bonds is 3. The average Bonchev–Trinajstić information content (AvgIpc) is 2.20. The number of nitrogens with one attached hydrogen (secondary N) is 1. The summed E-state index contributed by atoms with van der Waals surface area (Å²) >= 11 is 0. The number of aromatic nitrogens is 1. The van der Waals surface area contributed by atoms with Gasteiger partial charge in [-0.2, -0.15) is 0 Å². The molecule has 14 heavy (non-hydrogen) atoms. The number of carbonyl (C=O) groups excluding carboxylic acids is 1. The fraction of sp³-hybridized carbons (Fsp3) is 0.273. The zero-order valence-corrected chi connectivity index (χ0v) is 8.08. The van der Waals surface area contributed by atoms with Gasteiger partial charge in [-0.3, -0.25) is 9.78 Å². The molecule has 0 aliphatic carbocycles. The van der Waals surface area contributed by atoms with Crippen molar-refractivity contribution in [2.75, 3.05) is 6.54 Å². The van der Waals surface area contributed by atoms with Gasteiger partial charge in [-0.05, 0) is 19.1 Å². The Hall–Kier alpha value is -1.82. The molecule has 0 spiro atoms. The summed E-state index contributed by atoms with van der Waals surface area (Å²) in [4.78, 5) is 15.3. The molecule has 0 aliphatic heterocycles. The number of hydrogen-bond acceptors (Lipinski definition) is 2. The lowest BCUT2D eigenvalue weighted by Crippen LogP contribution is -2.25. The fourth-order valence-corrected chi connectivity index (χ4v) is 0.961. The van der Waals surface area contributed by atoms with E-state index in [2.05, 4.69) is 22.1 Å². The number of amides is 1. The molecular weight excluding hydrogens is 176 g/mol. The van der Waals surface area contributed by atoms with E-state index < -0.39 is 0 Å². The van der Waals surface area contributed by atoms with Crippen LogP contribution in [0.4, 0.5) is 0 Å². The van der Waals surface area contributed by atoms with Crippen molar-refractivity contribution in [1.82, 2.24) is 10.3 Å². The Morgan fingerprint density at radius 3 is 3.07 bits per heavy atom. The first-order chi connectivity index (χ1) is 6.83. The van der Waals surface area contributed by atoms with E-state index >= 15 is 0 Å². The molecule has 0 atom stereocenters. The normalized spacial score (nSPS) is 8.64. The summed E-state index contributed by atoms with van der Waals surface area (Å²) in [7, 11) is 0. The third-order valence-electron chi connectivity index (χ3n) is 1.62. The van der Waals surface area contributed by atoms with Crippen LogP contribution >= 0.6 is 0 Å². The summed E-state index contributed by atoms with van der Waals surface area (Å²) in [5.41, 5.74) is 0.773. The van der Waals surface area contributed by atoms with Crippen LogP contribution in [0.3, 0.4) is 0 Å². The highest BCUT2D eigenvalue weighted by Gasteiger charge is 2.01. The first kappa shape index (κ1) is 10.3. The molecule has 0 bridgehead atoms. The summed E-state index contributed by atoms with van der Waals surface area (Å²) in [6, 6.07) is 5.51. The van der Waals surface area contributed by atoms with Crippen LogP contribution in [0.15, 0.2) is 24.4 Å². The zero-order chi connectivity index (χ0) is 10.2. The van der Waals surface area contributed by atoms with Gasteiger partial charge in [0.15, 0.2) is 0 Å². The molecule has 1 heterocycles. The van der Waals surface area contributed by atoms with Crippen LogP contribution in [0.1, 0.15) is 12.6 Å². The summed E-state index contributed by atoms with van der Waals surface area (Å²) < 4.78 is 0. The van der Waals surface area contributed by atoms with Gasteiger partial charge in [-0.15, -0.1) is 5.92 Å². The van der Waals surface area contributed by atoms with E-state index in [1.165, 1.54) is 0 Å². The minimum absolute atomic E-state index is 0.0496. The zero-order valence-electron chi connectivity index (χ0n) is 8.08. The van der Waals surface area contributed by atoms with Gasteiger partial charge in [-0.25, -0.2) is 0 Å². The number of pyridine rings is 1. The molecule has 1 aromatic rings. The van der Waals surface area contributed by atoms with Gasteiger partial charge in [0.1, 0.15) is 0 Å². The molecule has 1 rings (SSSR count). The summed E-state index contributed by atoms with van der Waals surface area (Å²) in [6.07, 6.45) is 1.99. The van der Waals surface area contributed by atoms with Crippen molar-refractivity contribution in [3.05, 3.63) is 30.1 Å². The van der Waals surface area contributed by atoms with E-state index in [1.807, 2.05) is 18.2 Å². The lowest BCUT2D eigenvalue weighted by atomic mass is 10.2. The molecule has 1 N–H and O–H groups in total. The smallest absolute Gasteiger partial charge is 0.226 e. The van der Waals surface area contributed by atoms with Crippen molar-refractivity contribution in [2.24, 2.45) is 0 Å². The maximum Gasteiger partial charge on any atom is 0.226 e. The number of carbonyl (C=O) groups is 1. The molecule has 0 fully saturated rings. The highest BCUT2D eigenvalue weighted by molar-refractivity contribution is 5.78. The second kappa shape index (κ2) is 5.76. The third-order valence-corrected chi connectivity index (χ3v) is 1.62. The Labute approximate surface area is 83.6 Å². The van der Waals surface area contributed by atoms with Crippen LogP contribution in [0, 0.1) is 11.8 Å². The quantitative estimate of drug-likeness (QED) is 0.712. The minimum Gasteiger partial charge on any atom is -0.345 e. The van der Waals surface area contributed by atoms with Crippen molar-refractivity contribution < 1.29 is 4.79 Å². The molecular formula is C11H12N2O. The summed E-state index contributed by atoms with van der Waals surface area (Å²) in [5, 5.41) is 2.68. The standard InChI is InChI=1S/C11H12N2O/c1-2-3-7-13-11(14)9-10-6-4-5-8-12-10/h4-6,8H,7,9H2,1H3,(H,13,14). The van der Waals surface area contributed by atoms with Crippen molar-refractivity contribution in [3.8, 4) is 11.8 Å². The van der Waals surface area contributed by atoms with Gasteiger partial charge in [0, 0.05) is 11.9 Å². The number of nitrogens with zero attached hydrogens (tertiary/aromatic N) is 1. The Balaban J connectivity index is 2.37. The predicted molar refractivity (Wildman–Crippen MR) is 54.4 cm³/mol. The van der Waals surface area contributed by atoms with Gasteiger partial charge in [0.2, 0.25) is 5.91 Å². The lowest BCUT2D eigenvalue weighted by Gasteiger charge is -2.00. The van der Waals surface area contributed by atoms with Crippen LogP contribution in [-0.2, 0) is 11.2 Å². The van der Waals surface area contributed by atoms with Crippen molar-refractivity contribution in [1.29, 1.82) is 0 Å². The Bertz CT molecular complexity index is 349. The lowest BCUT2D eigenvalue weighted by molar-refractivity contribution is -0.120. The second-order valence-corrected chi connectivity index (χ2v) is 2.70. The van der Waals surface area contributed by atoms with Crippen molar-refractivity contribution in [2.45, 2.75) is 13.3 Å². The van der Waals surface area contributed by atoms with E-state index in [0.29, 0.717) is 13.0 Å². The molecule has 0 radical (unpaired) electrons. The molecule has 3 heteroatoms. The first-order valence-electron chi connectivity index (χ1n) is 4.39. The highest BCUT2D eigenvalue weighted by Crippen LogP contribution is 1.93. The topological polar surface area (TPSA) is 42.0 Å². The monoisotopic (exact) mass is 188 g/mol. The molecule has 1 aromatic heterocycles. The van der Waals surface area contributed by atoms with Gasteiger partial charge in [0.25, 0.3) is 0 Å². The molecule has 0 aromatic carbocycles. The molecule has 0 saturated carbocycles. The molecule has 1 amide bonds. The molecule has 3 nitrogen and oxygen atoms in total. The van der Waals surface area contributed by atoms with E-state index in [0.717, 1.165) is 5.69 Å². The molecule has 0 aliphatic rings. The number of hydrogen-bond donors (Lipinski definition) is 1. The Morgan fingerprint density at radius 2 is 2.43 bits per heavy atom. The summed E-state index contributed by atoms with van der Waals surface area (Å²) in [5.74, 6) is 5.42. The average molecular weight is 188 g/mol. The SMILES string of the molecule is CC#CCNC(=O)Cc1ccccn1. The van der Waals surface area contributed by atoms with Crippen molar-refractivity contribution in [3.63, 3.8) is 0 Å². The fourth-order valence-electron chi connectivity index (χ4n) is 0.961.